The van der Waals surface area contributed by atoms with Gasteiger partial charge in [-0.2, -0.15) is 0 Å². The van der Waals surface area contributed by atoms with Crippen molar-refractivity contribution >= 4 is 5.91 Å². The molecule has 0 spiro atoms. The SMILES string of the molecule is NNC(=O)c1ccc(CC2C(O)C3CCN2CC3)cc1. The van der Waals surface area contributed by atoms with Crippen LogP contribution in [0.5, 0.6) is 0 Å². The molecule has 1 amide bonds. The number of nitrogen functional groups attached to an aromatic ring is 1. The molecule has 3 aliphatic heterocycles. The van der Waals surface area contributed by atoms with Crippen LogP contribution in [0.2, 0.25) is 0 Å². The number of amides is 1. The van der Waals surface area contributed by atoms with Crippen LogP contribution in [0.25, 0.3) is 0 Å². The number of rotatable bonds is 3. The van der Waals surface area contributed by atoms with E-state index in [4.69, 9.17) is 5.84 Å². The first-order chi connectivity index (χ1) is 9.69. The highest BCUT2D eigenvalue weighted by Gasteiger charge is 2.40. The Kier molecular flexibility index (Phi) is 3.74. The average Bonchev–Trinajstić information content (AvgIpc) is 2.51. The van der Waals surface area contributed by atoms with Crippen molar-refractivity contribution in [2.75, 3.05) is 13.1 Å². The van der Waals surface area contributed by atoms with Crippen LogP contribution in [0.15, 0.2) is 24.3 Å². The van der Waals surface area contributed by atoms with Crippen molar-refractivity contribution in [3.63, 3.8) is 0 Å². The normalized spacial score (nSPS) is 32.1. The number of carbonyl (C=O) groups excluding carboxylic acids is 1. The zero-order valence-electron chi connectivity index (χ0n) is 11.5. The zero-order valence-corrected chi connectivity index (χ0v) is 11.5. The number of aliphatic hydroxyl groups is 1. The number of benzene rings is 1. The molecule has 0 aliphatic carbocycles. The van der Waals surface area contributed by atoms with Gasteiger partial charge in [0.15, 0.2) is 0 Å². The fraction of sp³-hybridized carbons (Fsp3) is 0.533. The molecule has 5 heteroatoms. The van der Waals surface area contributed by atoms with Crippen LogP contribution in [0.1, 0.15) is 28.8 Å². The van der Waals surface area contributed by atoms with Gasteiger partial charge in [-0.15, -0.1) is 0 Å². The summed E-state index contributed by atoms with van der Waals surface area (Å²) >= 11 is 0. The van der Waals surface area contributed by atoms with Gasteiger partial charge >= 0.3 is 0 Å². The van der Waals surface area contributed by atoms with Gasteiger partial charge in [0.05, 0.1) is 6.10 Å². The average molecular weight is 275 g/mol. The number of hydrogen-bond acceptors (Lipinski definition) is 4. The smallest absolute Gasteiger partial charge is 0.265 e. The van der Waals surface area contributed by atoms with Gasteiger partial charge < -0.3 is 5.11 Å². The van der Waals surface area contributed by atoms with Gasteiger partial charge in [0.2, 0.25) is 0 Å². The predicted molar refractivity (Wildman–Crippen MR) is 75.9 cm³/mol. The van der Waals surface area contributed by atoms with Crippen LogP contribution in [0, 0.1) is 5.92 Å². The third-order valence-electron chi connectivity index (χ3n) is 4.71. The summed E-state index contributed by atoms with van der Waals surface area (Å²) in [5, 5.41) is 10.4. The van der Waals surface area contributed by atoms with Crippen molar-refractivity contribution in [3.8, 4) is 0 Å². The maximum atomic E-state index is 11.4. The lowest BCUT2D eigenvalue weighted by Gasteiger charge is -2.49. The van der Waals surface area contributed by atoms with E-state index < -0.39 is 0 Å². The van der Waals surface area contributed by atoms with Gasteiger partial charge in [0.1, 0.15) is 0 Å². The molecule has 108 valence electrons. The lowest BCUT2D eigenvalue weighted by atomic mass is 9.78. The Hall–Kier alpha value is -1.43. The van der Waals surface area contributed by atoms with Crippen molar-refractivity contribution in [1.82, 2.24) is 10.3 Å². The lowest BCUT2D eigenvalue weighted by molar-refractivity contribution is -0.0715. The van der Waals surface area contributed by atoms with Gasteiger partial charge in [-0.1, -0.05) is 12.1 Å². The molecule has 0 aromatic heterocycles. The second-order valence-electron chi connectivity index (χ2n) is 5.81. The molecule has 0 radical (unpaired) electrons. The zero-order chi connectivity index (χ0) is 14.1. The third kappa shape index (κ3) is 2.44. The number of aliphatic hydroxyl groups excluding tert-OH is 1. The monoisotopic (exact) mass is 275 g/mol. The van der Waals surface area contributed by atoms with Gasteiger partial charge in [0.25, 0.3) is 5.91 Å². The summed E-state index contributed by atoms with van der Waals surface area (Å²) in [5.41, 5.74) is 3.83. The van der Waals surface area contributed by atoms with Crippen LogP contribution in [-0.4, -0.2) is 41.1 Å². The quantitative estimate of drug-likeness (QED) is 0.421. The van der Waals surface area contributed by atoms with Crippen molar-refractivity contribution < 1.29 is 9.90 Å². The molecule has 2 unspecified atom stereocenters. The number of nitrogens with two attached hydrogens (primary N) is 1. The molecule has 3 saturated heterocycles. The summed E-state index contributed by atoms with van der Waals surface area (Å²) in [6.45, 7) is 2.19. The highest BCUT2D eigenvalue weighted by Crippen LogP contribution is 2.33. The molecule has 4 rings (SSSR count). The second kappa shape index (κ2) is 5.52. The van der Waals surface area contributed by atoms with Gasteiger partial charge in [-0.3, -0.25) is 15.1 Å². The Balaban J connectivity index is 1.70. The van der Waals surface area contributed by atoms with E-state index in [1.54, 1.807) is 12.1 Å². The van der Waals surface area contributed by atoms with Crippen LogP contribution in [-0.2, 0) is 6.42 Å². The van der Waals surface area contributed by atoms with Gasteiger partial charge in [0, 0.05) is 11.6 Å². The molecule has 1 aromatic carbocycles. The Labute approximate surface area is 118 Å². The first-order valence-corrected chi connectivity index (χ1v) is 7.21. The molecule has 4 N–H and O–H groups in total. The molecular weight excluding hydrogens is 254 g/mol. The standard InChI is InChI=1S/C15H21N3O2/c16-17-15(20)12-3-1-10(2-4-12)9-13-14(19)11-5-7-18(13)8-6-11/h1-4,11,13-14,19H,5-9,16H2,(H,17,20). The Morgan fingerprint density at radius 2 is 1.95 bits per heavy atom. The maximum absolute atomic E-state index is 11.4. The van der Waals surface area contributed by atoms with E-state index >= 15 is 0 Å². The second-order valence-corrected chi connectivity index (χ2v) is 5.81. The van der Waals surface area contributed by atoms with E-state index in [0.717, 1.165) is 37.9 Å². The minimum Gasteiger partial charge on any atom is -0.391 e. The molecule has 3 heterocycles. The molecule has 20 heavy (non-hydrogen) atoms. The van der Waals surface area contributed by atoms with Gasteiger partial charge in [-0.25, -0.2) is 5.84 Å². The Morgan fingerprint density at radius 1 is 1.30 bits per heavy atom. The number of hydrazine groups is 1. The van der Waals surface area contributed by atoms with E-state index in [-0.39, 0.29) is 18.1 Å². The van der Waals surface area contributed by atoms with Crippen LogP contribution in [0.3, 0.4) is 0 Å². The summed E-state index contributed by atoms with van der Waals surface area (Å²) in [6.07, 6.45) is 2.85. The largest absolute Gasteiger partial charge is 0.391 e. The van der Waals surface area contributed by atoms with E-state index in [0.29, 0.717) is 11.5 Å². The van der Waals surface area contributed by atoms with Crippen molar-refractivity contribution in [2.45, 2.75) is 31.4 Å². The summed E-state index contributed by atoms with van der Waals surface area (Å²) in [6, 6.07) is 7.67. The summed E-state index contributed by atoms with van der Waals surface area (Å²) in [4.78, 5) is 13.8. The van der Waals surface area contributed by atoms with Crippen LogP contribution < -0.4 is 11.3 Å². The van der Waals surface area contributed by atoms with Crippen molar-refractivity contribution in [3.05, 3.63) is 35.4 Å². The van der Waals surface area contributed by atoms with Crippen molar-refractivity contribution in [1.29, 1.82) is 0 Å². The highest BCUT2D eigenvalue weighted by atomic mass is 16.3. The molecule has 2 bridgehead atoms. The molecule has 3 aliphatic rings. The predicted octanol–water partition coefficient (Wildman–Crippen LogP) is 0.288. The fourth-order valence-corrected chi connectivity index (χ4v) is 3.49. The lowest BCUT2D eigenvalue weighted by Crippen LogP contribution is -2.58. The van der Waals surface area contributed by atoms with E-state index in [1.807, 2.05) is 12.1 Å². The number of nitrogens with one attached hydrogen (secondary N) is 1. The number of fused-ring (bicyclic) bond motifs is 3. The van der Waals surface area contributed by atoms with E-state index in [2.05, 4.69) is 10.3 Å². The first-order valence-electron chi connectivity index (χ1n) is 7.21. The molecule has 0 saturated carbocycles. The van der Waals surface area contributed by atoms with E-state index in [1.165, 1.54) is 0 Å². The maximum Gasteiger partial charge on any atom is 0.265 e. The fourth-order valence-electron chi connectivity index (χ4n) is 3.49. The minimum absolute atomic E-state index is 0.218. The minimum atomic E-state index is -0.281. The molecule has 1 aromatic rings. The van der Waals surface area contributed by atoms with Crippen LogP contribution in [0.4, 0.5) is 0 Å². The molecular formula is C15H21N3O2. The van der Waals surface area contributed by atoms with E-state index in [9.17, 15) is 9.90 Å². The first kappa shape index (κ1) is 13.5. The number of piperidine rings is 3. The third-order valence-corrected chi connectivity index (χ3v) is 4.71. The summed E-state index contributed by atoms with van der Waals surface area (Å²) in [5.74, 6) is 5.30. The number of nitrogens with zero attached hydrogens (tertiary/aromatic N) is 1. The molecule has 5 nitrogen and oxygen atoms in total. The Bertz CT molecular complexity index is 478. The topological polar surface area (TPSA) is 78.6 Å². The number of hydrogen-bond donors (Lipinski definition) is 3. The Morgan fingerprint density at radius 3 is 2.50 bits per heavy atom. The highest BCUT2D eigenvalue weighted by molar-refractivity contribution is 5.93. The number of carbonyl (C=O) groups is 1. The summed E-state index contributed by atoms with van der Waals surface area (Å²) in [7, 11) is 0. The van der Waals surface area contributed by atoms with Gasteiger partial charge in [-0.05, 0) is 56.0 Å². The van der Waals surface area contributed by atoms with Crippen LogP contribution >= 0.6 is 0 Å². The molecule has 2 atom stereocenters. The van der Waals surface area contributed by atoms with Crippen molar-refractivity contribution in [2.24, 2.45) is 11.8 Å². The molecule has 3 fully saturated rings. The summed E-state index contributed by atoms with van der Waals surface area (Å²) < 4.78 is 0.